The van der Waals surface area contributed by atoms with E-state index >= 15 is 0 Å². The van der Waals surface area contributed by atoms with Gasteiger partial charge in [-0.25, -0.2) is 17.8 Å². The van der Waals surface area contributed by atoms with Crippen molar-refractivity contribution in [2.45, 2.75) is 4.90 Å². The molecule has 1 aromatic heterocycles. The number of nitrogens with two attached hydrogens (primary N) is 1. The summed E-state index contributed by atoms with van der Waals surface area (Å²) < 4.78 is 52.3. The molecule has 0 saturated carbocycles. The number of benzene rings is 1. The van der Waals surface area contributed by atoms with Crippen LogP contribution in [0.3, 0.4) is 0 Å². The number of hydrogen-bond acceptors (Lipinski definition) is 4. The first-order chi connectivity index (χ1) is 8.90. The molecule has 8 heteroatoms. The van der Waals surface area contributed by atoms with Crippen molar-refractivity contribution in [1.82, 2.24) is 4.98 Å². The Kier molecular flexibility index (Phi) is 3.34. The summed E-state index contributed by atoms with van der Waals surface area (Å²) in [4.78, 5) is 2.63. The molecule has 0 fully saturated rings. The maximum Gasteiger partial charge on any atom is 0.268 e. The van der Waals surface area contributed by atoms with Crippen molar-refractivity contribution in [2.24, 2.45) is 0 Å². The normalized spacial score (nSPS) is 11.3. The molecule has 0 spiro atoms. The summed E-state index contributed by atoms with van der Waals surface area (Å²) in [6, 6.07) is 7.04. The number of nitrogens with one attached hydrogen (secondary N) is 1. The molecule has 0 bridgehead atoms. The minimum Gasteiger partial charge on any atom is -0.398 e. The third-order valence-electron chi connectivity index (χ3n) is 2.22. The predicted octanol–water partition coefficient (Wildman–Crippen LogP) is 1.74. The SMILES string of the molecule is Nc1cccc(F)c1S(=O)(=O)Nc1cccc(F)n1. The van der Waals surface area contributed by atoms with Crippen LogP contribution in [0.1, 0.15) is 0 Å². The monoisotopic (exact) mass is 285 g/mol. The van der Waals surface area contributed by atoms with Crippen LogP contribution in [-0.4, -0.2) is 13.4 Å². The fraction of sp³-hybridized carbons (Fsp3) is 0. The fourth-order valence-corrected chi connectivity index (χ4v) is 2.66. The molecule has 0 atom stereocenters. The molecule has 0 aliphatic rings. The van der Waals surface area contributed by atoms with Crippen molar-refractivity contribution < 1.29 is 17.2 Å². The lowest BCUT2D eigenvalue weighted by Crippen LogP contribution is -2.17. The van der Waals surface area contributed by atoms with E-state index in [1.165, 1.54) is 24.3 Å². The molecule has 100 valence electrons. The molecular weight excluding hydrogens is 276 g/mol. The van der Waals surface area contributed by atoms with Crippen LogP contribution in [0.4, 0.5) is 20.3 Å². The second-order valence-corrected chi connectivity index (χ2v) is 5.23. The van der Waals surface area contributed by atoms with Crippen LogP contribution in [0.2, 0.25) is 0 Å². The molecule has 2 rings (SSSR count). The van der Waals surface area contributed by atoms with E-state index < -0.39 is 26.7 Å². The predicted molar refractivity (Wildman–Crippen MR) is 65.8 cm³/mol. The first kappa shape index (κ1) is 13.2. The molecule has 1 heterocycles. The van der Waals surface area contributed by atoms with Crippen molar-refractivity contribution in [3.63, 3.8) is 0 Å². The highest BCUT2D eigenvalue weighted by Gasteiger charge is 2.22. The smallest absolute Gasteiger partial charge is 0.268 e. The zero-order chi connectivity index (χ0) is 14.0. The number of hydrogen-bond donors (Lipinski definition) is 2. The Hall–Kier alpha value is -2.22. The van der Waals surface area contributed by atoms with Gasteiger partial charge in [0.25, 0.3) is 10.0 Å². The van der Waals surface area contributed by atoms with E-state index in [-0.39, 0.29) is 11.5 Å². The van der Waals surface area contributed by atoms with Crippen molar-refractivity contribution >= 4 is 21.5 Å². The number of anilines is 2. The van der Waals surface area contributed by atoms with Gasteiger partial charge in [0.15, 0.2) is 0 Å². The molecule has 5 nitrogen and oxygen atoms in total. The summed E-state index contributed by atoms with van der Waals surface area (Å²) in [6.45, 7) is 0. The average molecular weight is 285 g/mol. The van der Waals surface area contributed by atoms with E-state index in [2.05, 4.69) is 4.98 Å². The molecule has 0 radical (unpaired) electrons. The average Bonchev–Trinajstić information content (AvgIpc) is 2.27. The third-order valence-corrected chi connectivity index (χ3v) is 3.67. The van der Waals surface area contributed by atoms with Crippen LogP contribution in [0, 0.1) is 11.8 Å². The summed E-state index contributed by atoms with van der Waals surface area (Å²) in [5.41, 5.74) is 5.19. The molecule has 19 heavy (non-hydrogen) atoms. The maximum atomic E-state index is 13.5. The minimum absolute atomic E-state index is 0.246. The Morgan fingerprint density at radius 1 is 1.11 bits per heavy atom. The molecule has 3 N–H and O–H groups in total. The molecule has 0 saturated heterocycles. The van der Waals surface area contributed by atoms with Crippen LogP contribution in [0.15, 0.2) is 41.3 Å². The summed E-state index contributed by atoms with van der Waals surface area (Å²) in [7, 11) is -4.27. The van der Waals surface area contributed by atoms with Crippen molar-refractivity contribution in [3.05, 3.63) is 48.2 Å². The number of aromatic nitrogens is 1. The van der Waals surface area contributed by atoms with Gasteiger partial charge in [-0.15, -0.1) is 0 Å². The largest absolute Gasteiger partial charge is 0.398 e. The van der Waals surface area contributed by atoms with Gasteiger partial charge >= 0.3 is 0 Å². The number of nitrogens with zero attached hydrogens (tertiary/aromatic N) is 1. The lowest BCUT2D eigenvalue weighted by molar-refractivity contribution is 0.571. The second-order valence-electron chi connectivity index (χ2n) is 3.61. The van der Waals surface area contributed by atoms with Crippen molar-refractivity contribution in [1.29, 1.82) is 0 Å². The van der Waals surface area contributed by atoms with Gasteiger partial charge in [-0.05, 0) is 24.3 Å². The Labute approximate surface area is 108 Å². The Balaban J connectivity index is 2.44. The molecule has 2 aromatic rings. The van der Waals surface area contributed by atoms with Crippen molar-refractivity contribution in [3.8, 4) is 0 Å². The van der Waals surface area contributed by atoms with Gasteiger partial charge in [-0.1, -0.05) is 12.1 Å². The van der Waals surface area contributed by atoms with Gasteiger partial charge in [0.2, 0.25) is 5.95 Å². The van der Waals surface area contributed by atoms with Gasteiger partial charge < -0.3 is 5.73 Å². The number of nitrogen functional groups attached to an aromatic ring is 1. The summed E-state index contributed by atoms with van der Waals surface area (Å²) in [5.74, 6) is -2.12. The number of rotatable bonds is 3. The summed E-state index contributed by atoms with van der Waals surface area (Å²) in [5, 5.41) is 0. The van der Waals surface area contributed by atoms with Crippen LogP contribution >= 0.6 is 0 Å². The summed E-state index contributed by atoms with van der Waals surface area (Å²) in [6.07, 6.45) is 0. The Morgan fingerprint density at radius 2 is 1.79 bits per heavy atom. The number of sulfonamides is 1. The highest BCUT2D eigenvalue weighted by molar-refractivity contribution is 7.92. The van der Waals surface area contributed by atoms with Crippen LogP contribution < -0.4 is 10.5 Å². The minimum atomic E-state index is -4.27. The van der Waals surface area contributed by atoms with Crippen molar-refractivity contribution in [2.75, 3.05) is 10.5 Å². The van der Waals surface area contributed by atoms with Gasteiger partial charge in [0.1, 0.15) is 16.5 Å². The molecule has 0 aliphatic carbocycles. The molecular formula is C11H9F2N3O2S. The summed E-state index contributed by atoms with van der Waals surface area (Å²) >= 11 is 0. The van der Waals surface area contributed by atoms with Gasteiger partial charge in [-0.2, -0.15) is 4.39 Å². The molecule has 0 amide bonds. The fourth-order valence-electron chi connectivity index (χ4n) is 1.46. The topological polar surface area (TPSA) is 85.1 Å². The van der Waals surface area contributed by atoms with Gasteiger partial charge in [0, 0.05) is 0 Å². The molecule has 0 aliphatic heterocycles. The van der Waals surface area contributed by atoms with Gasteiger partial charge in [0.05, 0.1) is 5.69 Å². The van der Waals surface area contributed by atoms with E-state index in [4.69, 9.17) is 5.73 Å². The van der Waals surface area contributed by atoms with Crippen LogP contribution in [0.25, 0.3) is 0 Å². The van der Waals surface area contributed by atoms with Crippen LogP contribution in [0.5, 0.6) is 0 Å². The number of halogens is 2. The highest BCUT2D eigenvalue weighted by Crippen LogP contribution is 2.23. The second kappa shape index (κ2) is 4.81. The van der Waals surface area contributed by atoms with E-state index in [9.17, 15) is 17.2 Å². The van der Waals surface area contributed by atoms with E-state index in [1.807, 2.05) is 4.72 Å². The van der Waals surface area contributed by atoms with E-state index in [0.29, 0.717) is 0 Å². The van der Waals surface area contributed by atoms with Gasteiger partial charge in [-0.3, -0.25) is 4.72 Å². The number of pyridine rings is 1. The standard InChI is InChI=1S/C11H9F2N3O2S/c12-7-3-1-4-8(14)11(7)19(17,18)16-10-6-2-5-9(13)15-10/h1-6H,14H2,(H,15,16). The maximum absolute atomic E-state index is 13.5. The molecule has 1 aromatic carbocycles. The van der Waals surface area contributed by atoms with E-state index in [1.54, 1.807) is 0 Å². The third kappa shape index (κ3) is 2.79. The lowest BCUT2D eigenvalue weighted by atomic mass is 10.3. The van der Waals surface area contributed by atoms with Crippen LogP contribution in [-0.2, 0) is 10.0 Å². The Bertz CT molecular complexity index is 699. The lowest BCUT2D eigenvalue weighted by Gasteiger charge is -2.10. The zero-order valence-electron chi connectivity index (χ0n) is 9.47. The molecule has 0 unspecified atom stereocenters. The quantitative estimate of drug-likeness (QED) is 0.664. The van der Waals surface area contributed by atoms with E-state index in [0.717, 1.165) is 12.1 Å². The highest BCUT2D eigenvalue weighted by atomic mass is 32.2. The first-order valence-electron chi connectivity index (χ1n) is 5.09. The first-order valence-corrected chi connectivity index (χ1v) is 6.58. The zero-order valence-corrected chi connectivity index (χ0v) is 10.3. The Morgan fingerprint density at radius 3 is 2.42 bits per heavy atom.